The summed E-state index contributed by atoms with van der Waals surface area (Å²) in [6, 6.07) is 18.1. The molecule has 0 saturated heterocycles. The molecule has 2 aromatic carbocycles. The van der Waals surface area contributed by atoms with Crippen molar-refractivity contribution in [2.75, 3.05) is 0 Å². The largest absolute Gasteiger partial charge is 0.0936 e. The van der Waals surface area contributed by atoms with Crippen LogP contribution in [0, 0.1) is 0 Å². The smallest absolute Gasteiger partial charge is 0.0676 e. The molecule has 0 radical (unpaired) electrons. The molecule has 150 valence electrons. The van der Waals surface area contributed by atoms with Crippen molar-refractivity contribution in [3.05, 3.63) is 123 Å². The first kappa shape index (κ1) is 19.1. The molecule has 0 heterocycles. The second-order valence-corrected chi connectivity index (χ2v) is 9.08. The van der Waals surface area contributed by atoms with Gasteiger partial charge in [-0.15, -0.1) is 0 Å². The molecule has 30 heavy (non-hydrogen) atoms. The van der Waals surface area contributed by atoms with Crippen molar-refractivity contribution < 1.29 is 0 Å². The molecule has 0 fully saturated rings. The Hall–Kier alpha value is -2.86. The van der Waals surface area contributed by atoms with Gasteiger partial charge in [0.15, 0.2) is 0 Å². The van der Waals surface area contributed by atoms with E-state index in [4.69, 9.17) is 6.58 Å². The average Bonchev–Trinajstić information content (AvgIpc) is 3.03. The molecule has 3 aliphatic rings. The number of allylic oxidation sites excluding steroid dienone is 9. The van der Waals surface area contributed by atoms with Gasteiger partial charge in [0.25, 0.3) is 0 Å². The van der Waals surface area contributed by atoms with Crippen LogP contribution in [0.25, 0.3) is 5.57 Å². The summed E-state index contributed by atoms with van der Waals surface area (Å²) < 4.78 is 0. The predicted octanol–water partition coefficient (Wildman–Crippen LogP) is 8.05. The SMILES string of the molecule is C=C1C(=C(C)C)c2ccccc2C12C1=C(C=CCC1)C(/C(C)=C/C)c1ccccc12. The molecule has 2 aromatic rings. The molecule has 1 spiro atoms. The second-order valence-electron chi connectivity index (χ2n) is 9.08. The number of hydrogen-bond acceptors (Lipinski definition) is 0. The van der Waals surface area contributed by atoms with Crippen LogP contribution in [0.15, 0.2) is 101 Å². The third-order valence-electron chi connectivity index (χ3n) is 7.41. The highest BCUT2D eigenvalue weighted by Gasteiger charge is 2.53. The Kier molecular flexibility index (Phi) is 4.36. The third kappa shape index (κ3) is 2.28. The number of benzene rings is 2. The molecule has 3 aliphatic carbocycles. The van der Waals surface area contributed by atoms with Gasteiger partial charge in [-0.25, -0.2) is 0 Å². The van der Waals surface area contributed by atoms with E-state index in [0.717, 1.165) is 12.8 Å². The maximum Gasteiger partial charge on any atom is 0.0676 e. The normalized spacial score (nSPS) is 24.8. The van der Waals surface area contributed by atoms with Crippen molar-refractivity contribution in [1.29, 1.82) is 0 Å². The van der Waals surface area contributed by atoms with Crippen LogP contribution in [-0.4, -0.2) is 0 Å². The molecule has 2 atom stereocenters. The molecule has 5 rings (SSSR count). The zero-order valence-electron chi connectivity index (χ0n) is 18.5. The molecule has 0 saturated carbocycles. The van der Waals surface area contributed by atoms with Crippen LogP contribution in [-0.2, 0) is 5.41 Å². The van der Waals surface area contributed by atoms with E-state index in [9.17, 15) is 0 Å². The van der Waals surface area contributed by atoms with E-state index < -0.39 is 0 Å². The van der Waals surface area contributed by atoms with Crippen molar-refractivity contribution >= 4 is 5.57 Å². The molecule has 0 bridgehead atoms. The van der Waals surface area contributed by atoms with E-state index in [0.29, 0.717) is 5.92 Å². The number of rotatable bonds is 1. The summed E-state index contributed by atoms with van der Waals surface area (Å²) in [5.41, 5.74) is 13.8. The van der Waals surface area contributed by atoms with Crippen LogP contribution in [0.3, 0.4) is 0 Å². The maximum absolute atomic E-state index is 4.80. The first-order chi connectivity index (χ1) is 14.5. The standard InChI is InChI=1S/C30H30/c1-6-20(4)29-23-14-8-11-17-26(23)30(27-18-12-9-15-24(27)29)21(5)28(19(2)3)22-13-7-10-16-25(22)30/h6-11,13-17,29H,5,12,18H2,1-4H3/b20-6+. The minimum Gasteiger partial charge on any atom is -0.0936 e. The Bertz CT molecular complexity index is 1190. The zero-order chi connectivity index (χ0) is 21.0. The third-order valence-corrected chi connectivity index (χ3v) is 7.41. The molecule has 0 nitrogen and oxygen atoms in total. The van der Waals surface area contributed by atoms with Gasteiger partial charge < -0.3 is 0 Å². The lowest BCUT2D eigenvalue weighted by molar-refractivity contribution is 0.634. The molecule has 0 heteroatoms. The fourth-order valence-corrected chi connectivity index (χ4v) is 6.20. The Morgan fingerprint density at radius 3 is 2.43 bits per heavy atom. The summed E-state index contributed by atoms with van der Waals surface area (Å²) in [5, 5.41) is 0. The van der Waals surface area contributed by atoms with Gasteiger partial charge in [-0.05, 0) is 85.1 Å². The summed E-state index contributed by atoms with van der Waals surface area (Å²) in [6.07, 6.45) is 9.25. The van der Waals surface area contributed by atoms with Gasteiger partial charge in [0, 0.05) is 5.92 Å². The molecule has 0 aliphatic heterocycles. The highest BCUT2D eigenvalue weighted by Crippen LogP contribution is 2.64. The quantitative estimate of drug-likeness (QED) is 0.432. The van der Waals surface area contributed by atoms with Crippen LogP contribution in [0.4, 0.5) is 0 Å². The van der Waals surface area contributed by atoms with Gasteiger partial charge in [-0.3, -0.25) is 0 Å². The Balaban J connectivity index is 1.97. The van der Waals surface area contributed by atoms with E-state index >= 15 is 0 Å². The van der Waals surface area contributed by atoms with Crippen LogP contribution in [0.5, 0.6) is 0 Å². The monoisotopic (exact) mass is 390 g/mol. The Labute approximate surface area is 181 Å². The van der Waals surface area contributed by atoms with Crippen molar-refractivity contribution in [2.45, 2.75) is 51.9 Å². The maximum atomic E-state index is 4.80. The van der Waals surface area contributed by atoms with Gasteiger partial charge in [-0.1, -0.05) is 84.5 Å². The van der Waals surface area contributed by atoms with E-state index in [2.05, 4.69) is 94.5 Å². The fraction of sp³-hybridized carbons (Fsp3) is 0.267. The van der Waals surface area contributed by atoms with Crippen LogP contribution in [0.1, 0.15) is 68.7 Å². The summed E-state index contributed by atoms with van der Waals surface area (Å²) in [7, 11) is 0. The molecule has 0 N–H and O–H groups in total. The van der Waals surface area contributed by atoms with Crippen LogP contribution >= 0.6 is 0 Å². The van der Waals surface area contributed by atoms with E-state index in [1.54, 1.807) is 5.57 Å². The predicted molar refractivity (Wildman–Crippen MR) is 129 cm³/mol. The minimum atomic E-state index is -0.246. The second kappa shape index (κ2) is 6.84. The van der Waals surface area contributed by atoms with E-state index in [1.165, 1.54) is 50.1 Å². The van der Waals surface area contributed by atoms with Crippen LogP contribution < -0.4 is 0 Å². The topological polar surface area (TPSA) is 0 Å². The zero-order valence-corrected chi connectivity index (χ0v) is 18.5. The molecular formula is C30H30. The summed E-state index contributed by atoms with van der Waals surface area (Å²) in [4.78, 5) is 0. The Morgan fingerprint density at radius 2 is 1.70 bits per heavy atom. The van der Waals surface area contributed by atoms with Crippen molar-refractivity contribution in [3.63, 3.8) is 0 Å². The molecule has 0 aromatic heterocycles. The van der Waals surface area contributed by atoms with E-state index in [1.807, 2.05) is 0 Å². The molecular weight excluding hydrogens is 360 g/mol. The number of fused-ring (bicyclic) bond motifs is 5. The fourth-order valence-electron chi connectivity index (χ4n) is 6.20. The van der Waals surface area contributed by atoms with Gasteiger partial charge in [0.05, 0.1) is 5.41 Å². The van der Waals surface area contributed by atoms with Crippen molar-refractivity contribution in [2.24, 2.45) is 0 Å². The highest BCUT2D eigenvalue weighted by molar-refractivity contribution is 5.95. The van der Waals surface area contributed by atoms with Gasteiger partial charge in [0.2, 0.25) is 0 Å². The summed E-state index contributed by atoms with van der Waals surface area (Å²) in [6.45, 7) is 13.7. The minimum absolute atomic E-state index is 0.246. The van der Waals surface area contributed by atoms with Gasteiger partial charge >= 0.3 is 0 Å². The number of hydrogen-bond donors (Lipinski definition) is 0. The average molecular weight is 391 g/mol. The van der Waals surface area contributed by atoms with Crippen molar-refractivity contribution in [3.8, 4) is 0 Å². The lowest BCUT2D eigenvalue weighted by Gasteiger charge is -2.46. The van der Waals surface area contributed by atoms with Crippen LogP contribution in [0.2, 0.25) is 0 Å². The molecule has 2 unspecified atom stereocenters. The van der Waals surface area contributed by atoms with E-state index in [-0.39, 0.29) is 5.41 Å². The lowest BCUT2D eigenvalue weighted by Crippen LogP contribution is -2.37. The first-order valence-corrected chi connectivity index (χ1v) is 11.1. The van der Waals surface area contributed by atoms with Crippen molar-refractivity contribution in [1.82, 2.24) is 0 Å². The first-order valence-electron chi connectivity index (χ1n) is 11.1. The van der Waals surface area contributed by atoms with Gasteiger partial charge in [0.1, 0.15) is 0 Å². The summed E-state index contributed by atoms with van der Waals surface area (Å²) in [5.74, 6) is 0.332. The molecule has 0 amide bonds. The summed E-state index contributed by atoms with van der Waals surface area (Å²) >= 11 is 0. The van der Waals surface area contributed by atoms with Gasteiger partial charge in [-0.2, -0.15) is 0 Å². The lowest BCUT2D eigenvalue weighted by atomic mass is 9.56. The Morgan fingerprint density at radius 1 is 1.00 bits per heavy atom. The highest BCUT2D eigenvalue weighted by atomic mass is 14.5.